The summed E-state index contributed by atoms with van der Waals surface area (Å²) in [5.41, 5.74) is -0.0851. The van der Waals surface area contributed by atoms with Crippen LogP contribution in [-0.4, -0.2) is 48.3 Å². The molecule has 4 fully saturated rings. The predicted octanol–water partition coefficient (Wildman–Crippen LogP) is 3.21. The third-order valence-corrected chi connectivity index (χ3v) is 10.2. The molecule has 0 saturated heterocycles. The highest BCUT2D eigenvalue weighted by molar-refractivity contribution is 7.89. The number of benzene rings is 2. The number of rotatable bonds is 5. The minimum Gasteiger partial charge on any atom is -0.349 e. The Bertz CT molecular complexity index is 1280. The molecule has 0 radical (unpaired) electrons. The van der Waals surface area contributed by atoms with E-state index in [1.54, 1.807) is 36.4 Å². The van der Waals surface area contributed by atoms with Crippen LogP contribution in [0.25, 0.3) is 0 Å². The average Bonchev–Trinajstić information content (AvgIpc) is 2.82. The van der Waals surface area contributed by atoms with Crippen molar-refractivity contribution in [1.29, 1.82) is 0 Å². The van der Waals surface area contributed by atoms with Crippen LogP contribution in [0.4, 0.5) is 0 Å². The molecule has 1 N–H and O–H groups in total. The number of sulfonamides is 1. The van der Waals surface area contributed by atoms with Gasteiger partial charge in [0.25, 0.3) is 0 Å². The van der Waals surface area contributed by atoms with Crippen molar-refractivity contribution in [2.75, 3.05) is 6.54 Å². The van der Waals surface area contributed by atoms with E-state index in [9.17, 15) is 22.8 Å². The fraction of sp³-hybridized carbons (Fsp3) is 0.444. The van der Waals surface area contributed by atoms with Crippen LogP contribution in [0, 0.1) is 17.8 Å². The molecule has 4 aliphatic carbocycles. The molecular weight excluding hydrogens is 464 g/mol. The second-order valence-corrected chi connectivity index (χ2v) is 12.6. The van der Waals surface area contributed by atoms with E-state index in [-0.39, 0.29) is 21.6 Å². The van der Waals surface area contributed by atoms with Crippen LogP contribution in [-0.2, 0) is 14.8 Å². The minimum absolute atomic E-state index is 0.0143. The number of Topliss-reactive ketones (excluding diaryl/α,β-unsaturated/α-hetero) is 2. The van der Waals surface area contributed by atoms with Gasteiger partial charge >= 0.3 is 0 Å². The fourth-order valence-electron chi connectivity index (χ4n) is 7.37. The monoisotopic (exact) mass is 492 g/mol. The molecule has 1 aliphatic heterocycles. The van der Waals surface area contributed by atoms with Crippen molar-refractivity contribution in [3.8, 4) is 0 Å². The molecule has 2 aromatic carbocycles. The number of nitrogens with zero attached hydrogens (tertiary/aromatic N) is 1. The van der Waals surface area contributed by atoms with Crippen LogP contribution in [0.5, 0.6) is 0 Å². The molecular formula is C27H28N2O5S. The molecule has 1 unspecified atom stereocenters. The van der Waals surface area contributed by atoms with Crippen molar-refractivity contribution in [2.45, 2.75) is 55.0 Å². The summed E-state index contributed by atoms with van der Waals surface area (Å²) in [6.45, 7) is -0.562. The van der Waals surface area contributed by atoms with Gasteiger partial charge in [-0.2, -0.15) is 4.31 Å². The van der Waals surface area contributed by atoms with Crippen LogP contribution >= 0.6 is 0 Å². The molecule has 1 atom stereocenters. The van der Waals surface area contributed by atoms with E-state index in [2.05, 4.69) is 5.32 Å². The van der Waals surface area contributed by atoms with E-state index in [1.807, 2.05) is 0 Å². The Labute approximate surface area is 204 Å². The lowest BCUT2D eigenvalue weighted by Crippen LogP contribution is -2.62. The Kier molecular flexibility index (Phi) is 5.23. The molecule has 4 saturated carbocycles. The molecule has 2 aromatic rings. The van der Waals surface area contributed by atoms with E-state index in [1.165, 1.54) is 37.5 Å². The van der Waals surface area contributed by atoms with Gasteiger partial charge in [-0.1, -0.05) is 42.5 Å². The lowest BCUT2D eigenvalue weighted by atomic mass is 9.53. The van der Waals surface area contributed by atoms with Gasteiger partial charge in [0.15, 0.2) is 17.6 Å². The van der Waals surface area contributed by atoms with Gasteiger partial charge in [0, 0.05) is 16.7 Å². The van der Waals surface area contributed by atoms with Gasteiger partial charge < -0.3 is 5.32 Å². The zero-order chi connectivity index (χ0) is 24.4. The molecule has 8 heteroatoms. The number of fused-ring (bicyclic) bond motifs is 1. The summed E-state index contributed by atoms with van der Waals surface area (Å²) in [7, 11) is -4.25. The summed E-state index contributed by atoms with van der Waals surface area (Å²) in [5.74, 6) is 0.153. The van der Waals surface area contributed by atoms with Crippen LogP contribution in [0.15, 0.2) is 59.5 Å². The van der Waals surface area contributed by atoms with Gasteiger partial charge in [0.1, 0.15) is 0 Å². The van der Waals surface area contributed by atoms with Crippen molar-refractivity contribution >= 4 is 27.5 Å². The molecule has 4 bridgehead atoms. The quantitative estimate of drug-likeness (QED) is 0.510. The third kappa shape index (κ3) is 3.74. The maximum atomic E-state index is 13.6. The third-order valence-electron chi connectivity index (χ3n) is 8.32. The Morgan fingerprint density at radius 2 is 1.46 bits per heavy atom. The highest BCUT2D eigenvalue weighted by atomic mass is 32.2. The summed E-state index contributed by atoms with van der Waals surface area (Å²) < 4.78 is 28.1. The highest BCUT2D eigenvalue weighted by Crippen LogP contribution is 2.55. The molecule has 1 amide bonds. The van der Waals surface area contributed by atoms with Gasteiger partial charge in [-0.15, -0.1) is 0 Å². The number of carbonyl (C=O) groups excluding carboxylic acids is 3. The van der Waals surface area contributed by atoms with E-state index < -0.39 is 40.1 Å². The standard InChI is InChI=1S/C27H28N2O5S/c30-23(28-27-13-17-10-18(14-27)12-19(11-17)15-27)16-29-24(25(31)20-6-2-1-3-7-20)26(32)21-8-4-5-9-22(21)35(29,33)34/h1-9,17-19,24H,10-16H2,(H,28,30). The summed E-state index contributed by atoms with van der Waals surface area (Å²) in [6.07, 6.45) is 6.42. The minimum atomic E-state index is -4.25. The second kappa shape index (κ2) is 8.10. The Morgan fingerprint density at radius 1 is 0.886 bits per heavy atom. The summed E-state index contributed by atoms with van der Waals surface area (Å²) in [4.78, 5) is 40.1. The van der Waals surface area contributed by atoms with E-state index in [0.717, 1.165) is 23.6 Å². The number of carbonyl (C=O) groups is 3. The molecule has 1 heterocycles. The van der Waals surface area contributed by atoms with E-state index >= 15 is 0 Å². The SMILES string of the molecule is O=C(CN1C(C(=O)c2ccccc2)C(=O)c2ccccc2S1(=O)=O)NC12CC3CC(CC(C3)C1)C2. The summed E-state index contributed by atoms with van der Waals surface area (Å²) in [5, 5.41) is 3.18. The zero-order valence-corrected chi connectivity index (χ0v) is 20.2. The number of amides is 1. The molecule has 182 valence electrons. The molecule has 7 rings (SSSR count). The number of ketones is 2. The Hall–Kier alpha value is -2.84. The molecule has 0 spiro atoms. The zero-order valence-electron chi connectivity index (χ0n) is 19.4. The molecule has 5 aliphatic rings. The van der Waals surface area contributed by atoms with Crippen molar-refractivity contribution in [1.82, 2.24) is 9.62 Å². The number of hydrogen-bond acceptors (Lipinski definition) is 5. The van der Waals surface area contributed by atoms with Gasteiger partial charge in [0.05, 0.1) is 11.4 Å². The van der Waals surface area contributed by atoms with Crippen molar-refractivity contribution in [2.24, 2.45) is 17.8 Å². The Morgan fingerprint density at radius 3 is 2.09 bits per heavy atom. The molecule has 7 nitrogen and oxygen atoms in total. The van der Waals surface area contributed by atoms with Crippen LogP contribution < -0.4 is 5.32 Å². The van der Waals surface area contributed by atoms with Crippen molar-refractivity contribution < 1.29 is 22.8 Å². The first-order chi connectivity index (χ1) is 16.8. The maximum Gasteiger partial charge on any atom is 0.245 e. The first kappa shape index (κ1) is 22.6. The largest absolute Gasteiger partial charge is 0.349 e. The second-order valence-electron chi connectivity index (χ2n) is 10.8. The van der Waals surface area contributed by atoms with Crippen molar-refractivity contribution in [3.63, 3.8) is 0 Å². The predicted molar refractivity (Wildman–Crippen MR) is 128 cm³/mol. The van der Waals surface area contributed by atoms with Gasteiger partial charge in [-0.05, 0) is 68.4 Å². The topological polar surface area (TPSA) is 101 Å². The first-order valence-corrected chi connectivity index (χ1v) is 13.8. The Balaban J connectivity index is 1.33. The van der Waals surface area contributed by atoms with Crippen LogP contribution in [0.1, 0.15) is 59.2 Å². The van der Waals surface area contributed by atoms with Crippen LogP contribution in [0.3, 0.4) is 0 Å². The smallest absolute Gasteiger partial charge is 0.245 e. The van der Waals surface area contributed by atoms with Crippen molar-refractivity contribution in [3.05, 3.63) is 65.7 Å². The maximum absolute atomic E-state index is 13.6. The normalized spacial score (nSPS) is 32.7. The van der Waals surface area contributed by atoms with Crippen LogP contribution in [0.2, 0.25) is 0 Å². The fourth-order valence-corrected chi connectivity index (χ4v) is 9.07. The summed E-state index contributed by atoms with van der Waals surface area (Å²) in [6, 6.07) is 12.4. The number of nitrogens with one attached hydrogen (secondary N) is 1. The van der Waals surface area contributed by atoms with Gasteiger partial charge in [0.2, 0.25) is 15.9 Å². The first-order valence-electron chi connectivity index (χ1n) is 12.3. The van der Waals surface area contributed by atoms with E-state index in [0.29, 0.717) is 17.8 Å². The van der Waals surface area contributed by atoms with E-state index in [4.69, 9.17) is 0 Å². The van der Waals surface area contributed by atoms with Gasteiger partial charge in [-0.3, -0.25) is 14.4 Å². The molecule has 0 aromatic heterocycles. The molecule has 35 heavy (non-hydrogen) atoms. The average molecular weight is 493 g/mol. The lowest BCUT2D eigenvalue weighted by Gasteiger charge is -2.57. The number of hydrogen-bond donors (Lipinski definition) is 1. The highest BCUT2D eigenvalue weighted by Gasteiger charge is 2.53. The van der Waals surface area contributed by atoms with Gasteiger partial charge in [-0.25, -0.2) is 8.42 Å². The summed E-state index contributed by atoms with van der Waals surface area (Å²) >= 11 is 0. The lowest BCUT2D eigenvalue weighted by molar-refractivity contribution is -0.127.